The van der Waals surface area contributed by atoms with Crippen molar-refractivity contribution in [3.8, 4) is 10.6 Å². The van der Waals surface area contributed by atoms with Crippen molar-refractivity contribution in [3.05, 3.63) is 39.0 Å². The van der Waals surface area contributed by atoms with Crippen LogP contribution in [0.3, 0.4) is 0 Å². The zero-order valence-corrected chi connectivity index (χ0v) is 8.49. The van der Waals surface area contributed by atoms with Gasteiger partial charge >= 0.3 is 4.87 Å². The zero-order chi connectivity index (χ0) is 11.0. The average molecular weight is 228 g/mol. The molecule has 0 aliphatic rings. The lowest BCUT2D eigenvalue weighted by atomic mass is 10.1. The molecule has 6 heteroatoms. The Morgan fingerprint density at radius 1 is 1.40 bits per heavy atom. The zero-order valence-electron chi connectivity index (χ0n) is 7.67. The van der Waals surface area contributed by atoms with Crippen LogP contribution >= 0.6 is 11.3 Å². The number of benzene rings is 1. The predicted octanol–water partition coefficient (Wildman–Crippen LogP) is 2.09. The van der Waals surface area contributed by atoms with Gasteiger partial charge in [0.05, 0.1) is 5.56 Å². The molecule has 1 N–H and O–H groups in total. The highest BCUT2D eigenvalue weighted by molar-refractivity contribution is 7.12. The largest absolute Gasteiger partial charge is 0.322 e. The summed E-state index contributed by atoms with van der Waals surface area (Å²) < 4.78 is 26.9. The van der Waals surface area contributed by atoms with E-state index < -0.39 is 16.5 Å². The first-order valence-electron chi connectivity index (χ1n) is 4.10. The fourth-order valence-corrected chi connectivity index (χ4v) is 1.84. The van der Waals surface area contributed by atoms with Gasteiger partial charge in [0, 0.05) is 0 Å². The third-order valence-electron chi connectivity index (χ3n) is 1.94. The summed E-state index contributed by atoms with van der Waals surface area (Å²) >= 11 is 0.676. The van der Waals surface area contributed by atoms with E-state index in [2.05, 4.69) is 10.2 Å². The van der Waals surface area contributed by atoms with E-state index in [9.17, 15) is 13.6 Å². The number of nitrogens with one attached hydrogen (secondary N) is 1. The SMILES string of the molecule is Cc1ccc(F)c(-c2n[nH]c(=O)s2)c1F. The number of hydrogen-bond acceptors (Lipinski definition) is 3. The van der Waals surface area contributed by atoms with Crippen molar-refractivity contribution in [3.63, 3.8) is 0 Å². The van der Waals surface area contributed by atoms with E-state index in [4.69, 9.17) is 0 Å². The van der Waals surface area contributed by atoms with Crippen molar-refractivity contribution in [2.75, 3.05) is 0 Å². The van der Waals surface area contributed by atoms with Crippen LogP contribution in [-0.2, 0) is 0 Å². The van der Waals surface area contributed by atoms with Crippen molar-refractivity contribution in [1.82, 2.24) is 10.2 Å². The maximum atomic E-state index is 13.6. The van der Waals surface area contributed by atoms with Crippen LogP contribution in [0.2, 0.25) is 0 Å². The van der Waals surface area contributed by atoms with Crippen LogP contribution in [0.1, 0.15) is 5.56 Å². The lowest BCUT2D eigenvalue weighted by Gasteiger charge is -2.02. The van der Waals surface area contributed by atoms with E-state index in [1.807, 2.05) is 0 Å². The Labute approximate surface area is 87.4 Å². The molecule has 0 bridgehead atoms. The molecule has 0 amide bonds. The van der Waals surface area contributed by atoms with Gasteiger partial charge in [0.1, 0.15) is 11.6 Å². The van der Waals surface area contributed by atoms with Gasteiger partial charge in [-0.05, 0) is 18.6 Å². The van der Waals surface area contributed by atoms with Gasteiger partial charge < -0.3 is 0 Å². The molecule has 2 aromatic rings. The van der Waals surface area contributed by atoms with Crippen molar-refractivity contribution in [2.45, 2.75) is 6.92 Å². The standard InChI is InChI=1S/C9H6F2N2OS/c1-4-2-3-5(10)6(7(4)11)8-12-13-9(14)15-8/h2-3H,1H3,(H,13,14). The van der Waals surface area contributed by atoms with Gasteiger partial charge in [0.2, 0.25) is 0 Å². The van der Waals surface area contributed by atoms with Gasteiger partial charge in [-0.3, -0.25) is 4.79 Å². The average Bonchev–Trinajstić information content (AvgIpc) is 2.59. The summed E-state index contributed by atoms with van der Waals surface area (Å²) in [5.41, 5.74) is 0.0624. The van der Waals surface area contributed by atoms with Gasteiger partial charge in [-0.1, -0.05) is 17.4 Å². The highest BCUT2D eigenvalue weighted by atomic mass is 32.1. The fraction of sp³-hybridized carbons (Fsp3) is 0.111. The number of aromatic amines is 1. The topological polar surface area (TPSA) is 45.8 Å². The summed E-state index contributed by atoms with van der Waals surface area (Å²) in [7, 11) is 0. The Kier molecular flexibility index (Phi) is 2.36. The van der Waals surface area contributed by atoms with E-state index in [1.165, 1.54) is 13.0 Å². The molecule has 1 aromatic heterocycles. The molecule has 0 radical (unpaired) electrons. The molecule has 0 saturated carbocycles. The molecule has 0 aliphatic carbocycles. The molecule has 1 heterocycles. The van der Waals surface area contributed by atoms with E-state index in [0.29, 0.717) is 16.9 Å². The fourth-order valence-electron chi connectivity index (χ4n) is 1.19. The molecular weight excluding hydrogens is 222 g/mol. The number of halogens is 2. The second kappa shape index (κ2) is 3.54. The Morgan fingerprint density at radius 3 is 2.73 bits per heavy atom. The second-order valence-corrected chi connectivity index (χ2v) is 3.93. The Bertz CT molecular complexity index is 561. The number of aromatic nitrogens is 2. The summed E-state index contributed by atoms with van der Waals surface area (Å²) in [6, 6.07) is 2.49. The van der Waals surface area contributed by atoms with Gasteiger partial charge in [0.15, 0.2) is 5.01 Å². The number of nitrogens with zero attached hydrogens (tertiary/aromatic N) is 1. The predicted molar refractivity (Wildman–Crippen MR) is 52.8 cm³/mol. The molecule has 0 fully saturated rings. The molecule has 0 atom stereocenters. The van der Waals surface area contributed by atoms with Gasteiger partial charge in [0.25, 0.3) is 0 Å². The Balaban J connectivity index is 2.71. The minimum Gasteiger partial charge on any atom is -0.255 e. The molecule has 0 unspecified atom stereocenters. The molecule has 2 rings (SSSR count). The first-order valence-corrected chi connectivity index (χ1v) is 4.91. The summed E-state index contributed by atoms with van der Waals surface area (Å²) in [4.78, 5) is 10.4. The van der Waals surface area contributed by atoms with Crippen molar-refractivity contribution in [1.29, 1.82) is 0 Å². The quantitative estimate of drug-likeness (QED) is 0.812. The van der Waals surface area contributed by atoms with Crippen LogP contribution in [0.5, 0.6) is 0 Å². The molecule has 0 saturated heterocycles. The molecular formula is C9H6F2N2OS. The number of aryl methyl sites for hydroxylation is 1. The molecule has 3 nitrogen and oxygen atoms in total. The van der Waals surface area contributed by atoms with Crippen LogP contribution in [0.25, 0.3) is 10.6 Å². The van der Waals surface area contributed by atoms with Crippen LogP contribution in [0.15, 0.2) is 16.9 Å². The van der Waals surface area contributed by atoms with Gasteiger partial charge in [-0.2, -0.15) is 5.10 Å². The van der Waals surface area contributed by atoms with Crippen molar-refractivity contribution in [2.24, 2.45) is 0 Å². The van der Waals surface area contributed by atoms with E-state index >= 15 is 0 Å². The number of rotatable bonds is 1. The summed E-state index contributed by atoms with van der Waals surface area (Å²) in [5.74, 6) is -1.40. The third kappa shape index (κ3) is 1.68. The molecule has 0 aliphatic heterocycles. The maximum Gasteiger partial charge on any atom is 0.322 e. The normalized spacial score (nSPS) is 10.6. The lowest BCUT2D eigenvalue weighted by Crippen LogP contribution is -1.92. The van der Waals surface area contributed by atoms with E-state index in [0.717, 1.165) is 6.07 Å². The van der Waals surface area contributed by atoms with Gasteiger partial charge in [-0.25, -0.2) is 13.9 Å². The lowest BCUT2D eigenvalue weighted by molar-refractivity contribution is 0.583. The van der Waals surface area contributed by atoms with Crippen molar-refractivity contribution >= 4 is 11.3 Å². The minimum absolute atomic E-state index is 0.0266. The molecule has 1 aromatic carbocycles. The Morgan fingerprint density at radius 2 is 2.13 bits per heavy atom. The summed E-state index contributed by atoms with van der Waals surface area (Å²) in [6.07, 6.45) is 0. The summed E-state index contributed by atoms with van der Waals surface area (Å²) in [6.45, 7) is 1.52. The van der Waals surface area contributed by atoms with Crippen molar-refractivity contribution < 1.29 is 8.78 Å². The third-order valence-corrected chi connectivity index (χ3v) is 2.70. The van der Waals surface area contributed by atoms with Crippen LogP contribution < -0.4 is 4.87 Å². The second-order valence-electron chi connectivity index (χ2n) is 2.97. The Hall–Kier alpha value is -1.56. The first kappa shape index (κ1) is 9.97. The van der Waals surface area contributed by atoms with Crippen LogP contribution in [0.4, 0.5) is 8.78 Å². The molecule has 15 heavy (non-hydrogen) atoms. The molecule has 0 spiro atoms. The highest BCUT2D eigenvalue weighted by Crippen LogP contribution is 2.27. The van der Waals surface area contributed by atoms with E-state index in [1.54, 1.807) is 0 Å². The minimum atomic E-state index is -0.721. The first-order chi connectivity index (χ1) is 7.09. The highest BCUT2D eigenvalue weighted by Gasteiger charge is 2.16. The smallest absolute Gasteiger partial charge is 0.255 e. The van der Waals surface area contributed by atoms with Crippen LogP contribution in [0, 0.1) is 18.6 Å². The number of hydrogen-bond donors (Lipinski definition) is 1. The summed E-state index contributed by atoms with van der Waals surface area (Å²) in [5, 5.41) is 5.70. The monoisotopic (exact) mass is 228 g/mol. The maximum absolute atomic E-state index is 13.6. The van der Waals surface area contributed by atoms with E-state index in [-0.39, 0.29) is 10.6 Å². The molecule has 78 valence electrons. The van der Waals surface area contributed by atoms with Gasteiger partial charge in [-0.15, -0.1) is 0 Å². The van der Waals surface area contributed by atoms with Crippen LogP contribution in [-0.4, -0.2) is 10.2 Å². The number of H-pyrrole nitrogens is 1.